The van der Waals surface area contributed by atoms with Crippen molar-refractivity contribution >= 4 is 7.92 Å². The molecule has 1 nitrogen and oxygen atoms in total. The molecule has 0 bridgehead atoms. The van der Waals surface area contributed by atoms with Crippen molar-refractivity contribution in [3.63, 3.8) is 0 Å². The maximum Gasteiger partial charge on any atom is 0.0661 e. The lowest BCUT2D eigenvalue weighted by molar-refractivity contribution is -0.0157. The van der Waals surface area contributed by atoms with Crippen LogP contribution in [0.4, 0.5) is 0 Å². The van der Waals surface area contributed by atoms with Gasteiger partial charge < -0.3 is 4.74 Å². The van der Waals surface area contributed by atoms with Gasteiger partial charge in [0.15, 0.2) is 0 Å². The number of hydrogen-bond donors (Lipinski definition) is 0. The Kier molecular flexibility index (Phi) is 6.13. The van der Waals surface area contributed by atoms with Crippen LogP contribution in [-0.2, 0) is 4.74 Å². The van der Waals surface area contributed by atoms with Gasteiger partial charge in [0.05, 0.1) is 11.9 Å². The highest BCUT2D eigenvalue weighted by Crippen LogP contribution is 2.30. The molecule has 0 aromatic carbocycles. The van der Waals surface area contributed by atoms with Gasteiger partial charge in [0.2, 0.25) is 0 Å². The van der Waals surface area contributed by atoms with E-state index in [9.17, 15) is 0 Å². The summed E-state index contributed by atoms with van der Waals surface area (Å²) in [6.45, 7) is 11.2. The summed E-state index contributed by atoms with van der Waals surface area (Å²) in [5, 5.41) is 0. The molecule has 0 rings (SSSR count). The Morgan fingerprint density at radius 2 is 1.83 bits per heavy atom. The molecular formula is C10H23OP. The highest BCUT2D eigenvalue weighted by molar-refractivity contribution is 7.55. The van der Waals surface area contributed by atoms with Crippen LogP contribution in [0.15, 0.2) is 0 Å². The van der Waals surface area contributed by atoms with E-state index in [1.165, 1.54) is 12.8 Å². The van der Waals surface area contributed by atoms with Gasteiger partial charge in [-0.25, -0.2) is 0 Å². The lowest BCUT2D eigenvalue weighted by atomic mass is 9.97. The zero-order valence-corrected chi connectivity index (χ0v) is 10.1. The molecule has 0 amide bonds. The minimum atomic E-state index is 0.0965. The summed E-state index contributed by atoms with van der Waals surface area (Å²) >= 11 is 0. The molecule has 1 unspecified atom stereocenters. The Bertz CT molecular complexity index is 114. The fourth-order valence-electron chi connectivity index (χ4n) is 1.16. The second-order valence-electron chi connectivity index (χ2n) is 3.91. The highest BCUT2D eigenvalue weighted by atomic mass is 31.1. The van der Waals surface area contributed by atoms with Crippen LogP contribution in [0.1, 0.15) is 40.0 Å². The van der Waals surface area contributed by atoms with Crippen LogP contribution in [0, 0.1) is 0 Å². The van der Waals surface area contributed by atoms with Crippen molar-refractivity contribution in [1.82, 2.24) is 0 Å². The second kappa shape index (κ2) is 5.94. The first kappa shape index (κ1) is 12.4. The molecule has 0 radical (unpaired) electrons. The van der Waals surface area contributed by atoms with Crippen LogP contribution in [-0.4, -0.2) is 25.3 Å². The van der Waals surface area contributed by atoms with Crippen LogP contribution in [0.5, 0.6) is 0 Å². The monoisotopic (exact) mass is 190 g/mol. The molecule has 2 heteroatoms. The third-order valence-electron chi connectivity index (χ3n) is 2.20. The zero-order chi connectivity index (χ0) is 9.61. The molecule has 0 aliphatic carbocycles. The van der Waals surface area contributed by atoms with E-state index in [2.05, 4.69) is 34.1 Å². The van der Waals surface area contributed by atoms with Crippen molar-refractivity contribution in [2.75, 3.05) is 19.7 Å². The Morgan fingerprint density at radius 1 is 1.25 bits per heavy atom. The Balaban J connectivity index is 3.78. The van der Waals surface area contributed by atoms with Gasteiger partial charge in [-0.15, -0.1) is 0 Å². The Morgan fingerprint density at radius 3 is 2.17 bits per heavy atom. The van der Waals surface area contributed by atoms with Gasteiger partial charge in [-0.3, -0.25) is 0 Å². The van der Waals surface area contributed by atoms with Crippen molar-refractivity contribution in [2.24, 2.45) is 0 Å². The summed E-state index contributed by atoms with van der Waals surface area (Å²) in [6.07, 6.45) is 4.49. The van der Waals surface area contributed by atoms with E-state index in [4.69, 9.17) is 4.74 Å². The van der Waals surface area contributed by atoms with Gasteiger partial charge in [0.25, 0.3) is 0 Å². The molecule has 0 aliphatic rings. The van der Waals surface area contributed by atoms with E-state index in [0.29, 0.717) is 0 Å². The van der Waals surface area contributed by atoms with Crippen molar-refractivity contribution < 1.29 is 4.74 Å². The Hall–Kier alpha value is 0.390. The average Bonchev–Trinajstić information content (AvgIpc) is 2.02. The second-order valence-corrected chi connectivity index (χ2v) is 6.32. The first-order chi connectivity index (χ1) is 5.54. The largest absolute Gasteiger partial charge is 0.371 e. The van der Waals surface area contributed by atoms with E-state index in [1.807, 2.05) is 0 Å². The topological polar surface area (TPSA) is 9.23 Å². The third-order valence-corrected chi connectivity index (χ3v) is 2.84. The molecule has 0 N–H and O–H groups in total. The average molecular weight is 190 g/mol. The molecular weight excluding hydrogens is 167 g/mol. The van der Waals surface area contributed by atoms with Crippen molar-refractivity contribution in [3.8, 4) is 0 Å². The molecule has 0 aromatic heterocycles. The van der Waals surface area contributed by atoms with Gasteiger partial charge in [-0.05, 0) is 33.1 Å². The van der Waals surface area contributed by atoms with Gasteiger partial charge in [-0.2, -0.15) is 0 Å². The first-order valence-electron chi connectivity index (χ1n) is 4.82. The summed E-state index contributed by atoms with van der Waals surface area (Å²) in [5.41, 5.74) is 0.140. The quantitative estimate of drug-likeness (QED) is 0.581. The van der Waals surface area contributed by atoms with E-state index in [0.717, 1.165) is 12.8 Å². The number of rotatable bonds is 6. The van der Waals surface area contributed by atoms with Crippen LogP contribution in [0.3, 0.4) is 0 Å². The maximum atomic E-state index is 5.91. The van der Waals surface area contributed by atoms with E-state index in [1.54, 1.807) is 0 Å². The third kappa shape index (κ3) is 5.11. The number of hydrogen-bond acceptors (Lipinski definition) is 1. The normalized spacial score (nSPS) is 16.5. The lowest BCUT2D eigenvalue weighted by Crippen LogP contribution is -2.27. The maximum absolute atomic E-state index is 5.91. The van der Waals surface area contributed by atoms with E-state index >= 15 is 0 Å². The van der Waals surface area contributed by atoms with Crippen LogP contribution in [0.2, 0.25) is 0 Å². The van der Waals surface area contributed by atoms with Gasteiger partial charge in [-0.1, -0.05) is 28.2 Å². The van der Waals surface area contributed by atoms with E-state index in [-0.39, 0.29) is 13.5 Å². The fourth-order valence-corrected chi connectivity index (χ4v) is 1.73. The van der Waals surface area contributed by atoms with Gasteiger partial charge in [0.1, 0.15) is 0 Å². The predicted molar refractivity (Wildman–Crippen MR) is 58.3 cm³/mol. The molecule has 0 heterocycles. The first-order valence-corrected chi connectivity index (χ1v) is 7.25. The minimum Gasteiger partial charge on any atom is -0.371 e. The molecule has 0 spiro atoms. The summed E-state index contributed by atoms with van der Waals surface area (Å²) in [5.74, 6) is 0. The van der Waals surface area contributed by atoms with Crippen molar-refractivity contribution in [2.45, 2.75) is 45.6 Å². The number of ether oxygens (including phenoxy) is 1. The summed E-state index contributed by atoms with van der Waals surface area (Å²) in [7, 11) is 0.0965. The molecule has 1 atom stereocenters. The highest BCUT2D eigenvalue weighted by Gasteiger charge is 2.21. The molecule has 0 saturated carbocycles. The summed E-state index contributed by atoms with van der Waals surface area (Å²) in [6, 6.07) is 0. The Labute approximate surface area is 78.6 Å². The molecule has 0 aliphatic heterocycles. The zero-order valence-electron chi connectivity index (χ0n) is 9.18. The molecule has 12 heavy (non-hydrogen) atoms. The summed E-state index contributed by atoms with van der Waals surface area (Å²) in [4.78, 5) is 0. The van der Waals surface area contributed by atoms with Crippen LogP contribution >= 0.6 is 7.92 Å². The van der Waals surface area contributed by atoms with E-state index < -0.39 is 0 Å². The standard InChI is InChI=1S/C10H23OP/c1-6-8-10(3,7-2)11-9-12(4)5/h6-9H2,1-5H3. The molecule has 0 fully saturated rings. The van der Waals surface area contributed by atoms with Crippen LogP contribution in [0.25, 0.3) is 0 Å². The smallest absolute Gasteiger partial charge is 0.0661 e. The lowest BCUT2D eigenvalue weighted by Gasteiger charge is -2.29. The van der Waals surface area contributed by atoms with Gasteiger partial charge >= 0.3 is 0 Å². The molecule has 74 valence electrons. The molecule has 0 aromatic rings. The van der Waals surface area contributed by atoms with Gasteiger partial charge in [0, 0.05) is 0 Å². The summed E-state index contributed by atoms with van der Waals surface area (Å²) < 4.78 is 5.91. The predicted octanol–water partition coefficient (Wildman–Crippen LogP) is 3.67. The van der Waals surface area contributed by atoms with Crippen molar-refractivity contribution in [3.05, 3.63) is 0 Å². The fraction of sp³-hybridized carbons (Fsp3) is 1.00. The van der Waals surface area contributed by atoms with Crippen LogP contribution < -0.4 is 0 Å². The minimum absolute atomic E-state index is 0.0965. The SMILES string of the molecule is CCCC(C)(CC)OCP(C)C. The van der Waals surface area contributed by atoms with Crippen molar-refractivity contribution in [1.29, 1.82) is 0 Å². The molecule has 0 saturated heterocycles.